The zero-order chi connectivity index (χ0) is 15.9. The maximum atomic E-state index is 12.1. The summed E-state index contributed by atoms with van der Waals surface area (Å²) in [6.45, 7) is 4.30. The van der Waals surface area contributed by atoms with Gasteiger partial charge >= 0.3 is 0 Å². The van der Waals surface area contributed by atoms with Gasteiger partial charge in [0.2, 0.25) is 0 Å². The first-order chi connectivity index (χ1) is 10.6. The lowest BCUT2D eigenvalue weighted by Crippen LogP contribution is -2.30. The molecule has 0 unspecified atom stereocenters. The molecule has 1 heterocycles. The lowest BCUT2D eigenvalue weighted by atomic mass is 10.3. The van der Waals surface area contributed by atoms with Crippen molar-refractivity contribution in [2.75, 3.05) is 5.32 Å². The molecular formula is C17H20N2O3. The minimum Gasteiger partial charge on any atom is -0.481 e. The molecule has 0 saturated carbocycles. The van der Waals surface area contributed by atoms with Gasteiger partial charge in [-0.15, -0.1) is 0 Å². The van der Waals surface area contributed by atoms with Gasteiger partial charge in [-0.3, -0.25) is 9.59 Å². The number of anilines is 1. The Morgan fingerprint density at radius 1 is 1.23 bits per heavy atom. The number of rotatable bonds is 6. The normalized spacial score (nSPS) is 11.7. The molecule has 1 N–H and O–H groups in total. The van der Waals surface area contributed by atoms with Crippen LogP contribution in [-0.2, 0) is 11.3 Å². The van der Waals surface area contributed by atoms with E-state index in [9.17, 15) is 9.59 Å². The van der Waals surface area contributed by atoms with Crippen LogP contribution in [0.15, 0.2) is 53.5 Å². The fourth-order valence-electron chi connectivity index (χ4n) is 2.02. The van der Waals surface area contributed by atoms with Crippen molar-refractivity contribution in [3.8, 4) is 5.75 Å². The smallest absolute Gasteiger partial charge is 0.265 e. The number of aromatic nitrogens is 1. The van der Waals surface area contributed by atoms with Crippen molar-refractivity contribution in [3.63, 3.8) is 0 Å². The number of aryl methyl sites for hydroxylation is 1. The zero-order valence-electron chi connectivity index (χ0n) is 12.8. The molecule has 0 saturated heterocycles. The molecule has 0 spiro atoms. The summed E-state index contributed by atoms with van der Waals surface area (Å²) >= 11 is 0. The van der Waals surface area contributed by atoms with Crippen molar-refractivity contribution in [3.05, 3.63) is 59.0 Å². The van der Waals surface area contributed by atoms with Gasteiger partial charge in [0.1, 0.15) is 5.75 Å². The summed E-state index contributed by atoms with van der Waals surface area (Å²) < 4.78 is 7.15. The van der Waals surface area contributed by atoms with Crippen LogP contribution < -0.4 is 15.6 Å². The lowest BCUT2D eigenvalue weighted by molar-refractivity contribution is -0.122. The molecule has 5 heteroatoms. The largest absolute Gasteiger partial charge is 0.481 e. The number of nitrogens with zero attached hydrogens (tertiary/aromatic N) is 1. The number of hydrogen-bond donors (Lipinski definition) is 1. The number of carbonyl (C=O) groups excluding carboxylic acids is 1. The summed E-state index contributed by atoms with van der Waals surface area (Å²) in [5, 5.41) is 2.76. The second-order valence-electron chi connectivity index (χ2n) is 5.01. The van der Waals surface area contributed by atoms with Crippen LogP contribution in [0.3, 0.4) is 0 Å². The van der Waals surface area contributed by atoms with Crippen LogP contribution in [-0.4, -0.2) is 16.6 Å². The highest BCUT2D eigenvalue weighted by molar-refractivity contribution is 5.93. The van der Waals surface area contributed by atoms with Crippen LogP contribution in [0.4, 0.5) is 5.69 Å². The average Bonchev–Trinajstić information content (AvgIpc) is 2.52. The third kappa shape index (κ3) is 4.22. The number of benzene rings is 1. The molecule has 5 nitrogen and oxygen atoms in total. The molecule has 0 radical (unpaired) electrons. The van der Waals surface area contributed by atoms with E-state index in [-0.39, 0.29) is 11.5 Å². The molecule has 1 amide bonds. The fraction of sp³-hybridized carbons (Fsp3) is 0.294. The van der Waals surface area contributed by atoms with Crippen molar-refractivity contribution in [2.45, 2.75) is 32.9 Å². The first-order valence-electron chi connectivity index (χ1n) is 7.33. The molecule has 0 bridgehead atoms. The van der Waals surface area contributed by atoms with E-state index in [2.05, 4.69) is 5.32 Å². The summed E-state index contributed by atoms with van der Waals surface area (Å²) in [5.41, 5.74) is 0.509. The maximum Gasteiger partial charge on any atom is 0.265 e. The standard InChI is InChI=1S/C17H20N2O3/c1-3-11-19-12-14(9-10-16(19)20)18-17(21)13(2)22-15-7-5-4-6-8-15/h4-10,12-13H,3,11H2,1-2H3,(H,18,21)/t13-/m0/s1. The summed E-state index contributed by atoms with van der Waals surface area (Å²) in [5.74, 6) is 0.381. The van der Waals surface area contributed by atoms with Crippen molar-refractivity contribution < 1.29 is 9.53 Å². The first kappa shape index (κ1) is 15.8. The van der Waals surface area contributed by atoms with E-state index in [1.807, 2.05) is 25.1 Å². The summed E-state index contributed by atoms with van der Waals surface area (Å²) in [6, 6.07) is 12.2. The molecule has 2 rings (SSSR count). The van der Waals surface area contributed by atoms with Crippen molar-refractivity contribution in [2.24, 2.45) is 0 Å². The Labute approximate surface area is 129 Å². The molecule has 0 aliphatic carbocycles. The van der Waals surface area contributed by atoms with Crippen LogP contribution >= 0.6 is 0 Å². The van der Waals surface area contributed by atoms with Gasteiger partial charge in [-0.2, -0.15) is 0 Å². The third-order valence-electron chi connectivity index (χ3n) is 3.14. The monoisotopic (exact) mass is 300 g/mol. The van der Waals surface area contributed by atoms with E-state index in [0.29, 0.717) is 18.0 Å². The van der Waals surface area contributed by atoms with Gasteiger partial charge in [0.15, 0.2) is 6.10 Å². The molecule has 0 aliphatic heterocycles. The molecule has 0 aliphatic rings. The first-order valence-corrected chi connectivity index (χ1v) is 7.33. The van der Waals surface area contributed by atoms with E-state index in [0.717, 1.165) is 6.42 Å². The molecule has 2 aromatic rings. The predicted molar refractivity (Wildman–Crippen MR) is 86.2 cm³/mol. The molecule has 116 valence electrons. The molecule has 22 heavy (non-hydrogen) atoms. The number of para-hydroxylation sites is 1. The van der Waals surface area contributed by atoms with E-state index in [1.165, 1.54) is 6.07 Å². The Hall–Kier alpha value is -2.56. The second kappa shape index (κ2) is 7.45. The van der Waals surface area contributed by atoms with Crippen LogP contribution in [0, 0.1) is 0 Å². The summed E-state index contributed by atoms with van der Waals surface area (Å²) in [6.07, 6.45) is 1.87. The molecule has 1 aromatic carbocycles. The highest BCUT2D eigenvalue weighted by Gasteiger charge is 2.15. The van der Waals surface area contributed by atoms with Gasteiger partial charge < -0.3 is 14.6 Å². The average molecular weight is 300 g/mol. The quantitative estimate of drug-likeness (QED) is 0.892. The number of pyridine rings is 1. The SMILES string of the molecule is CCCn1cc(NC(=O)[C@H](C)Oc2ccccc2)ccc1=O. The van der Waals surface area contributed by atoms with Crippen molar-refractivity contribution >= 4 is 11.6 Å². The number of nitrogens with one attached hydrogen (secondary N) is 1. The van der Waals surface area contributed by atoms with Crippen molar-refractivity contribution in [1.82, 2.24) is 4.57 Å². The fourth-order valence-corrected chi connectivity index (χ4v) is 2.02. The van der Waals surface area contributed by atoms with Gasteiger partial charge in [0, 0.05) is 18.8 Å². The van der Waals surface area contributed by atoms with Gasteiger partial charge in [-0.25, -0.2) is 0 Å². The highest BCUT2D eigenvalue weighted by atomic mass is 16.5. The van der Waals surface area contributed by atoms with E-state index in [4.69, 9.17) is 4.74 Å². The van der Waals surface area contributed by atoms with Crippen LogP contribution in [0.25, 0.3) is 0 Å². The Kier molecular flexibility index (Phi) is 5.36. The lowest BCUT2D eigenvalue weighted by Gasteiger charge is -2.15. The second-order valence-corrected chi connectivity index (χ2v) is 5.01. The van der Waals surface area contributed by atoms with Gasteiger partial charge in [-0.1, -0.05) is 25.1 Å². The molecule has 1 atom stereocenters. The number of ether oxygens (including phenoxy) is 1. The Bertz CT molecular complexity index is 680. The maximum absolute atomic E-state index is 12.1. The number of amides is 1. The minimum atomic E-state index is -0.631. The topological polar surface area (TPSA) is 60.3 Å². The number of carbonyl (C=O) groups is 1. The predicted octanol–water partition coefficient (Wildman–Crippen LogP) is 2.66. The summed E-state index contributed by atoms with van der Waals surface area (Å²) in [4.78, 5) is 23.8. The molecular weight excluding hydrogens is 280 g/mol. The van der Waals surface area contributed by atoms with E-state index >= 15 is 0 Å². The van der Waals surface area contributed by atoms with Crippen LogP contribution in [0.2, 0.25) is 0 Å². The Balaban J connectivity index is 2.02. The van der Waals surface area contributed by atoms with Gasteiger partial charge in [0.05, 0.1) is 5.69 Å². The third-order valence-corrected chi connectivity index (χ3v) is 3.14. The number of hydrogen-bond acceptors (Lipinski definition) is 3. The van der Waals surface area contributed by atoms with E-state index < -0.39 is 6.10 Å². The zero-order valence-corrected chi connectivity index (χ0v) is 12.8. The van der Waals surface area contributed by atoms with Gasteiger partial charge in [-0.05, 0) is 31.5 Å². The van der Waals surface area contributed by atoms with Crippen LogP contribution in [0.1, 0.15) is 20.3 Å². The molecule has 1 aromatic heterocycles. The van der Waals surface area contributed by atoms with Crippen molar-refractivity contribution in [1.29, 1.82) is 0 Å². The highest BCUT2D eigenvalue weighted by Crippen LogP contribution is 2.12. The Morgan fingerprint density at radius 2 is 1.95 bits per heavy atom. The Morgan fingerprint density at radius 3 is 2.64 bits per heavy atom. The van der Waals surface area contributed by atoms with Gasteiger partial charge in [0.25, 0.3) is 11.5 Å². The van der Waals surface area contributed by atoms with E-state index in [1.54, 1.807) is 35.9 Å². The van der Waals surface area contributed by atoms with Crippen LogP contribution in [0.5, 0.6) is 5.75 Å². The minimum absolute atomic E-state index is 0.0755. The molecule has 0 fully saturated rings. The summed E-state index contributed by atoms with van der Waals surface area (Å²) in [7, 11) is 0.